The summed E-state index contributed by atoms with van der Waals surface area (Å²) in [7, 11) is 0. The summed E-state index contributed by atoms with van der Waals surface area (Å²) in [5, 5.41) is 0.274. The fourth-order valence-electron chi connectivity index (χ4n) is 2.79. The van der Waals surface area contributed by atoms with Crippen molar-refractivity contribution in [1.82, 2.24) is 0 Å². The molecular weight excluding hydrogens is 345 g/mol. The number of hydrogen-bond acceptors (Lipinski definition) is 3. The summed E-state index contributed by atoms with van der Waals surface area (Å²) in [6, 6.07) is 12.3. The zero-order valence-corrected chi connectivity index (χ0v) is 14.8. The van der Waals surface area contributed by atoms with Gasteiger partial charge in [-0.1, -0.05) is 41.9 Å². The summed E-state index contributed by atoms with van der Waals surface area (Å²) < 4.78 is 21.3. The van der Waals surface area contributed by atoms with Gasteiger partial charge in [-0.05, 0) is 39.0 Å². The molecule has 2 amide bonds. The van der Waals surface area contributed by atoms with E-state index in [9.17, 15) is 9.59 Å². The van der Waals surface area contributed by atoms with Crippen LogP contribution in [0.4, 0.5) is 14.9 Å². The molecule has 0 spiro atoms. The monoisotopic (exact) mass is 361 g/mol. The lowest BCUT2D eigenvalue weighted by molar-refractivity contribution is -0.126. The van der Waals surface area contributed by atoms with Gasteiger partial charge in [0.15, 0.2) is 0 Å². The van der Waals surface area contributed by atoms with Gasteiger partial charge in [-0.3, -0.25) is 4.79 Å². The van der Waals surface area contributed by atoms with E-state index < -0.39 is 23.3 Å². The van der Waals surface area contributed by atoms with Gasteiger partial charge in [0.05, 0.1) is 5.69 Å². The van der Waals surface area contributed by atoms with Gasteiger partial charge in [0.2, 0.25) is 5.67 Å². The van der Waals surface area contributed by atoms with Gasteiger partial charge < -0.3 is 4.74 Å². The maximum Gasteiger partial charge on any atom is 0.421 e. The number of benzene rings is 2. The first-order valence-corrected chi connectivity index (χ1v) is 8.14. The van der Waals surface area contributed by atoms with E-state index in [0.29, 0.717) is 0 Å². The Balaban J connectivity index is 2.17. The van der Waals surface area contributed by atoms with Crippen molar-refractivity contribution in [2.45, 2.75) is 32.0 Å². The van der Waals surface area contributed by atoms with E-state index in [1.807, 2.05) is 0 Å². The number of nitrogens with zero attached hydrogens (tertiary/aromatic N) is 1. The highest BCUT2D eigenvalue weighted by atomic mass is 35.5. The molecule has 6 heteroatoms. The first kappa shape index (κ1) is 17.4. The van der Waals surface area contributed by atoms with Crippen LogP contribution in [0.5, 0.6) is 0 Å². The van der Waals surface area contributed by atoms with Crippen molar-refractivity contribution < 1.29 is 18.7 Å². The molecule has 25 heavy (non-hydrogen) atoms. The molecule has 0 radical (unpaired) electrons. The number of ether oxygens (including phenoxy) is 1. The molecule has 0 saturated heterocycles. The van der Waals surface area contributed by atoms with Gasteiger partial charge in [0, 0.05) is 16.1 Å². The minimum atomic E-state index is -2.50. The number of alkyl halides is 1. The number of amides is 2. The van der Waals surface area contributed by atoms with Crippen LogP contribution in [0, 0.1) is 0 Å². The van der Waals surface area contributed by atoms with Crippen molar-refractivity contribution in [3.63, 3.8) is 0 Å². The van der Waals surface area contributed by atoms with Gasteiger partial charge >= 0.3 is 6.09 Å². The number of carbonyl (C=O) groups is 2. The van der Waals surface area contributed by atoms with Crippen molar-refractivity contribution in [2.75, 3.05) is 4.90 Å². The molecule has 0 N–H and O–H groups in total. The Bertz CT molecular complexity index is 847. The maximum absolute atomic E-state index is 16.0. The van der Waals surface area contributed by atoms with Crippen LogP contribution in [0.1, 0.15) is 31.9 Å². The minimum absolute atomic E-state index is 0.0297. The molecule has 0 aliphatic carbocycles. The second-order valence-electron chi connectivity index (χ2n) is 6.81. The Kier molecular flexibility index (Phi) is 4.07. The van der Waals surface area contributed by atoms with Crippen LogP contribution in [0.25, 0.3) is 0 Å². The summed E-state index contributed by atoms with van der Waals surface area (Å²) in [4.78, 5) is 26.2. The zero-order valence-electron chi connectivity index (χ0n) is 14.0. The highest BCUT2D eigenvalue weighted by Crippen LogP contribution is 2.48. The highest BCUT2D eigenvalue weighted by Gasteiger charge is 2.56. The normalized spacial score (nSPS) is 19.7. The summed E-state index contributed by atoms with van der Waals surface area (Å²) in [5.41, 5.74) is -3.02. The van der Waals surface area contributed by atoms with E-state index in [4.69, 9.17) is 16.3 Å². The van der Waals surface area contributed by atoms with Crippen LogP contribution < -0.4 is 4.90 Å². The first-order valence-electron chi connectivity index (χ1n) is 7.76. The van der Waals surface area contributed by atoms with Crippen molar-refractivity contribution in [3.05, 3.63) is 64.7 Å². The predicted octanol–water partition coefficient (Wildman–Crippen LogP) is 4.83. The predicted molar refractivity (Wildman–Crippen MR) is 93.5 cm³/mol. The minimum Gasteiger partial charge on any atom is -0.443 e. The lowest BCUT2D eigenvalue weighted by atomic mass is 9.89. The summed E-state index contributed by atoms with van der Waals surface area (Å²) in [6.07, 6.45) is -0.920. The quantitative estimate of drug-likeness (QED) is 0.730. The molecule has 1 aliphatic heterocycles. The van der Waals surface area contributed by atoms with E-state index in [2.05, 4.69) is 0 Å². The highest BCUT2D eigenvalue weighted by molar-refractivity contribution is 6.31. The summed E-state index contributed by atoms with van der Waals surface area (Å²) in [6.45, 7) is 5.02. The first-order chi connectivity index (χ1) is 11.6. The average Bonchev–Trinajstić information content (AvgIpc) is 2.76. The van der Waals surface area contributed by atoms with Crippen LogP contribution in [-0.4, -0.2) is 17.6 Å². The van der Waals surface area contributed by atoms with E-state index in [0.717, 1.165) is 4.90 Å². The van der Waals surface area contributed by atoms with Gasteiger partial charge in [0.1, 0.15) is 5.60 Å². The molecule has 0 unspecified atom stereocenters. The largest absolute Gasteiger partial charge is 0.443 e. The number of hydrogen-bond donors (Lipinski definition) is 0. The van der Waals surface area contributed by atoms with Gasteiger partial charge in [-0.25, -0.2) is 14.1 Å². The second kappa shape index (κ2) is 5.85. The van der Waals surface area contributed by atoms with Crippen molar-refractivity contribution in [1.29, 1.82) is 0 Å². The summed E-state index contributed by atoms with van der Waals surface area (Å²) in [5.74, 6) is -1.01. The molecule has 130 valence electrons. The van der Waals surface area contributed by atoms with Gasteiger partial charge in [0.25, 0.3) is 5.91 Å². The maximum atomic E-state index is 16.0. The Morgan fingerprint density at radius 2 is 1.80 bits per heavy atom. The van der Waals surface area contributed by atoms with Crippen molar-refractivity contribution in [3.8, 4) is 0 Å². The van der Waals surface area contributed by atoms with Crippen LogP contribution >= 0.6 is 11.6 Å². The lowest BCUT2D eigenvalue weighted by Crippen LogP contribution is -2.44. The number of imide groups is 1. The van der Waals surface area contributed by atoms with E-state index in [1.165, 1.54) is 30.3 Å². The fraction of sp³-hybridized carbons (Fsp3) is 0.263. The smallest absolute Gasteiger partial charge is 0.421 e. The molecule has 4 nitrogen and oxygen atoms in total. The fourth-order valence-corrected chi connectivity index (χ4v) is 2.97. The number of carbonyl (C=O) groups excluding carboxylic acids is 2. The van der Waals surface area contributed by atoms with Gasteiger partial charge in [-0.2, -0.15) is 0 Å². The standard InChI is InChI=1S/C19H17ClFNO3/c1-18(2,3)25-17(24)22-15-10-9-13(20)11-14(15)19(21,16(22)23)12-7-5-4-6-8-12/h4-11H,1-3H3/t19-/m0/s1. The molecule has 3 rings (SSSR count). The molecular formula is C19H17ClFNO3. The number of fused-ring (bicyclic) bond motifs is 1. The van der Waals surface area contributed by atoms with Crippen LogP contribution in [0.2, 0.25) is 5.02 Å². The molecule has 1 heterocycles. The Hall–Kier alpha value is -2.40. The molecule has 1 atom stereocenters. The van der Waals surface area contributed by atoms with E-state index in [-0.39, 0.29) is 21.8 Å². The van der Waals surface area contributed by atoms with Crippen LogP contribution in [0.3, 0.4) is 0 Å². The second-order valence-corrected chi connectivity index (χ2v) is 7.24. The Morgan fingerprint density at radius 1 is 1.16 bits per heavy atom. The van der Waals surface area contributed by atoms with Crippen molar-refractivity contribution in [2.24, 2.45) is 0 Å². The summed E-state index contributed by atoms with van der Waals surface area (Å²) >= 11 is 6.01. The number of rotatable bonds is 1. The van der Waals surface area contributed by atoms with E-state index in [1.54, 1.807) is 39.0 Å². The third kappa shape index (κ3) is 2.89. The van der Waals surface area contributed by atoms with Crippen LogP contribution in [0.15, 0.2) is 48.5 Å². The molecule has 2 aromatic carbocycles. The lowest BCUT2D eigenvalue weighted by Gasteiger charge is -2.24. The molecule has 0 saturated carbocycles. The third-order valence-electron chi connectivity index (χ3n) is 3.82. The third-order valence-corrected chi connectivity index (χ3v) is 4.05. The van der Waals surface area contributed by atoms with Crippen molar-refractivity contribution >= 4 is 29.3 Å². The molecule has 2 aromatic rings. The number of halogens is 2. The molecule has 0 fully saturated rings. The average molecular weight is 362 g/mol. The zero-order chi connectivity index (χ0) is 18.4. The van der Waals surface area contributed by atoms with Gasteiger partial charge in [-0.15, -0.1) is 0 Å². The topological polar surface area (TPSA) is 46.6 Å². The Labute approximate surface area is 150 Å². The van der Waals surface area contributed by atoms with Crippen LogP contribution in [-0.2, 0) is 15.2 Å². The number of anilines is 1. The molecule has 0 aromatic heterocycles. The Morgan fingerprint density at radius 3 is 2.40 bits per heavy atom. The molecule has 1 aliphatic rings. The molecule has 0 bridgehead atoms. The SMILES string of the molecule is CC(C)(C)OC(=O)N1C(=O)[C@](F)(c2ccccc2)c2cc(Cl)ccc21. The van der Waals surface area contributed by atoms with E-state index >= 15 is 4.39 Å².